The van der Waals surface area contributed by atoms with Crippen LogP contribution in [-0.2, 0) is 16.0 Å². The van der Waals surface area contributed by atoms with Gasteiger partial charge in [-0.1, -0.05) is 12.1 Å². The largest absolute Gasteiger partial charge is 0.493 e. The number of hydrogen-bond acceptors (Lipinski definition) is 8. The summed E-state index contributed by atoms with van der Waals surface area (Å²) in [5, 5.41) is 4.95. The molecule has 0 atom stereocenters. The van der Waals surface area contributed by atoms with E-state index >= 15 is 0 Å². The number of nitrogens with one attached hydrogen (secondary N) is 1. The summed E-state index contributed by atoms with van der Waals surface area (Å²) in [5.41, 5.74) is 1.14. The molecule has 0 unspecified atom stereocenters. The van der Waals surface area contributed by atoms with Crippen LogP contribution in [-0.4, -0.2) is 44.3 Å². The fraction of sp³-hybridized carbons (Fsp3) is 0.261. The van der Waals surface area contributed by atoms with Crippen molar-refractivity contribution < 1.29 is 37.3 Å². The van der Waals surface area contributed by atoms with Gasteiger partial charge in [0.05, 0.1) is 49.8 Å². The summed E-state index contributed by atoms with van der Waals surface area (Å²) in [6.07, 6.45) is -0.120. The number of amides is 1. The number of aromatic nitrogens is 1. The summed E-state index contributed by atoms with van der Waals surface area (Å²) in [4.78, 5) is 29.4. The lowest BCUT2D eigenvalue weighted by atomic mass is 10.1. The maximum absolute atomic E-state index is 12.8. The van der Waals surface area contributed by atoms with Crippen LogP contribution in [0.25, 0.3) is 10.6 Å². The van der Waals surface area contributed by atoms with Crippen molar-refractivity contribution in [3.8, 4) is 27.8 Å². The third-order valence-electron chi connectivity index (χ3n) is 4.51. The van der Waals surface area contributed by atoms with Crippen LogP contribution in [0.3, 0.4) is 0 Å². The number of nitrogens with zero attached hydrogens (tertiary/aromatic N) is 1. The van der Waals surface area contributed by atoms with E-state index in [-0.39, 0.29) is 29.2 Å². The summed E-state index contributed by atoms with van der Waals surface area (Å²) in [5.74, 6) is -1.09. The molecule has 1 heterocycles. The van der Waals surface area contributed by atoms with Gasteiger partial charge in [-0.2, -0.15) is 8.78 Å². The second kappa shape index (κ2) is 11.4. The van der Waals surface area contributed by atoms with Gasteiger partial charge in [0.15, 0.2) is 11.5 Å². The maximum Gasteiger partial charge on any atom is 0.387 e. The zero-order valence-corrected chi connectivity index (χ0v) is 19.4. The molecule has 8 nitrogen and oxygen atoms in total. The summed E-state index contributed by atoms with van der Waals surface area (Å²) in [7, 11) is 2.39. The van der Waals surface area contributed by atoms with Gasteiger partial charge in [0.25, 0.3) is 0 Å². The minimum atomic E-state index is -3.13. The summed E-state index contributed by atoms with van der Waals surface area (Å²) < 4.78 is 45.4. The summed E-state index contributed by atoms with van der Waals surface area (Å²) in [6, 6.07) is 9.67. The van der Waals surface area contributed by atoms with E-state index in [4.69, 9.17) is 14.2 Å². The number of alkyl halides is 2. The van der Waals surface area contributed by atoms with Gasteiger partial charge in [0, 0.05) is 17.5 Å². The Bertz CT molecular complexity index is 1170. The number of thiazole rings is 1. The normalized spacial score (nSPS) is 10.6. The molecule has 0 fully saturated rings. The van der Waals surface area contributed by atoms with Crippen molar-refractivity contribution >= 4 is 28.9 Å². The molecule has 0 radical (unpaired) electrons. The third-order valence-corrected chi connectivity index (χ3v) is 5.43. The van der Waals surface area contributed by atoms with Crippen molar-refractivity contribution in [1.29, 1.82) is 0 Å². The number of anilines is 1. The minimum Gasteiger partial charge on any atom is -0.493 e. The van der Waals surface area contributed by atoms with E-state index in [9.17, 15) is 18.4 Å². The lowest BCUT2D eigenvalue weighted by Crippen LogP contribution is -2.18. The molecule has 0 saturated heterocycles. The van der Waals surface area contributed by atoms with E-state index in [1.54, 1.807) is 5.38 Å². The van der Waals surface area contributed by atoms with Crippen LogP contribution in [0.4, 0.5) is 14.5 Å². The highest BCUT2D eigenvalue weighted by molar-refractivity contribution is 7.13. The first kappa shape index (κ1) is 24.9. The fourth-order valence-electron chi connectivity index (χ4n) is 3.09. The van der Waals surface area contributed by atoms with Crippen LogP contribution in [0.5, 0.6) is 17.2 Å². The summed E-state index contributed by atoms with van der Waals surface area (Å²) >= 11 is 1.35. The molecule has 0 aliphatic heterocycles. The van der Waals surface area contributed by atoms with E-state index in [2.05, 4.69) is 15.0 Å². The zero-order chi connectivity index (χ0) is 24.7. The Hall–Kier alpha value is -3.73. The van der Waals surface area contributed by atoms with Crippen molar-refractivity contribution in [2.75, 3.05) is 26.1 Å². The van der Waals surface area contributed by atoms with Crippen LogP contribution in [0.2, 0.25) is 0 Å². The quantitative estimate of drug-likeness (QED) is 0.407. The molecule has 3 aromatic rings. The zero-order valence-electron chi connectivity index (χ0n) is 18.6. The van der Waals surface area contributed by atoms with E-state index in [0.717, 1.165) is 24.8 Å². The van der Waals surface area contributed by atoms with E-state index in [0.29, 0.717) is 23.1 Å². The number of ether oxygens (including phenoxy) is 4. The highest BCUT2D eigenvalue weighted by Crippen LogP contribution is 2.35. The van der Waals surface area contributed by atoms with Crippen molar-refractivity contribution in [3.63, 3.8) is 0 Å². The Morgan fingerprint density at radius 2 is 1.88 bits per heavy atom. The Morgan fingerprint density at radius 3 is 2.56 bits per heavy atom. The fourth-order valence-corrected chi connectivity index (χ4v) is 3.93. The van der Waals surface area contributed by atoms with E-state index in [1.807, 2.05) is 31.2 Å². The number of methoxy groups -OCH3 is 2. The molecule has 3 rings (SSSR count). The predicted octanol–water partition coefficient (Wildman–Crippen LogP) is 4.79. The van der Waals surface area contributed by atoms with Crippen LogP contribution in [0.15, 0.2) is 41.8 Å². The van der Waals surface area contributed by atoms with Crippen molar-refractivity contribution in [3.05, 3.63) is 53.0 Å². The number of esters is 1. The number of halogens is 2. The van der Waals surface area contributed by atoms with Crippen molar-refractivity contribution in [2.45, 2.75) is 20.0 Å². The molecule has 11 heteroatoms. The van der Waals surface area contributed by atoms with Gasteiger partial charge >= 0.3 is 12.6 Å². The molecule has 0 spiro atoms. The van der Waals surface area contributed by atoms with Gasteiger partial charge in [-0.15, -0.1) is 11.3 Å². The average molecular weight is 493 g/mol. The number of para-hydroxylation sites is 1. The molecule has 0 aliphatic rings. The Labute approximate surface area is 198 Å². The van der Waals surface area contributed by atoms with Gasteiger partial charge in [-0.25, -0.2) is 9.78 Å². The average Bonchev–Trinajstić information content (AvgIpc) is 3.27. The SMILES string of the molecule is CCOc1ccccc1-c1nc(CC(=O)Nc2cc(OC(F)F)c(OC)cc2C(=O)OC)cs1. The highest BCUT2D eigenvalue weighted by Gasteiger charge is 2.21. The van der Waals surface area contributed by atoms with Crippen LogP contribution < -0.4 is 19.5 Å². The van der Waals surface area contributed by atoms with Gasteiger partial charge in [-0.05, 0) is 19.1 Å². The van der Waals surface area contributed by atoms with Crippen LogP contribution in [0, 0.1) is 0 Å². The van der Waals surface area contributed by atoms with Crippen molar-refractivity contribution in [1.82, 2.24) is 4.98 Å². The number of hydrogen-bond donors (Lipinski definition) is 1. The Morgan fingerprint density at radius 1 is 1.12 bits per heavy atom. The van der Waals surface area contributed by atoms with Gasteiger partial charge in [-0.3, -0.25) is 4.79 Å². The predicted molar refractivity (Wildman–Crippen MR) is 122 cm³/mol. The smallest absolute Gasteiger partial charge is 0.387 e. The number of rotatable bonds is 10. The molecule has 34 heavy (non-hydrogen) atoms. The number of carbonyl (C=O) groups excluding carboxylic acids is 2. The monoisotopic (exact) mass is 492 g/mol. The number of carbonyl (C=O) groups is 2. The Kier molecular flexibility index (Phi) is 8.36. The molecule has 0 aliphatic carbocycles. The van der Waals surface area contributed by atoms with E-state index < -0.39 is 18.5 Å². The molecule has 1 aromatic heterocycles. The van der Waals surface area contributed by atoms with Gasteiger partial charge in [0.2, 0.25) is 5.91 Å². The first-order valence-electron chi connectivity index (χ1n) is 10.1. The lowest BCUT2D eigenvalue weighted by molar-refractivity contribution is -0.115. The highest BCUT2D eigenvalue weighted by atomic mass is 32.1. The van der Waals surface area contributed by atoms with Crippen LogP contribution >= 0.6 is 11.3 Å². The third kappa shape index (κ3) is 5.98. The Balaban J connectivity index is 1.83. The molecule has 180 valence electrons. The molecule has 1 N–H and O–H groups in total. The van der Waals surface area contributed by atoms with Gasteiger partial charge in [0.1, 0.15) is 10.8 Å². The molecule has 1 amide bonds. The lowest BCUT2D eigenvalue weighted by Gasteiger charge is -2.15. The van der Waals surface area contributed by atoms with Gasteiger partial charge < -0.3 is 24.3 Å². The maximum atomic E-state index is 12.8. The number of benzene rings is 2. The standard InChI is InChI=1S/C23H22F2N2O6S/c1-4-32-17-8-6-5-7-14(17)21-26-13(12-34-21)9-20(28)27-16-11-19(33-23(24)25)18(30-2)10-15(16)22(29)31-3/h5-8,10-12,23H,4,9H2,1-3H3,(H,27,28). The summed E-state index contributed by atoms with van der Waals surface area (Å²) in [6.45, 7) is -0.748. The van der Waals surface area contributed by atoms with Crippen molar-refractivity contribution in [2.24, 2.45) is 0 Å². The second-order valence-corrected chi connectivity index (χ2v) is 7.57. The molecule has 0 saturated carbocycles. The molecule has 2 aromatic carbocycles. The topological polar surface area (TPSA) is 96.0 Å². The first-order valence-corrected chi connectivity index (χ1v) is 11.0. The first-order chi connectivity index (χ1) is 16.4. The molecule has 0 bridgehead atoms. The van der Waals surface area contributed by atoms with E-state index in [1.165, 1.54) is 18.4 Å². The molecular formula is C23H22F2N2O6S. The van der Waals surface area contributed by atoms with Crippen LogP contribution in [0.1, 0.15) is 23.0 Å². The minimum absolute atomic E-state index is 0.0644. The molecular weight excluding hydrogens is 470 g/mol. The second-order valence-electron chi connectivity index (χ2n) is 6.72.